The molecular weight excluding hydrogens is 296 g/mol. The quantitative estimate of drug-likeness (QED) is 0.855. The number of hydrogen-bond acceptors (Lipinski definition) is 5. The molecule has 0 fully saturated rings. The first-order chi connectivity index (χ1) is 11.1. The first kappa shape index (κ1) is 16.5. The number of phenolic OH excluding ortho intramolecular Hbond substituents is 2. The van der Waals surface area contributed by atoms with Crippen molar-refractivity contribution in [1.29, 1.82) is 0 Å². The van der Waals surface area contributed by atoms with Crippen molar-refractivity contribution in [3.63, 3.8) is 0 Å². The molecule has 2 aromatic rings. The van der Waals surface area contributed by atoms with E-state index >= 15 is 0 Å². The van der Waals surface area contributed by atoms with E-state index in [1.54, 1.807) is 24.3 Å². The highest BCUT2D eigenvalue weighted by molar-refractivity contribution is 5.66. The van der Waals surface area contributed by atoms with Gasteiger partial charge in [0.15, 0.2) is 23.0 Å². The number of ether oxygens (including phenoxy) is 3. The standard InChI is InChI=1S/C18H20O5/c1-21-16-11-12(7-9-14(16)19)5-4-6-13-8-10-15(20)18(23-3)17(13)22-2/h4,6-11,19-20H,5H2,1-3H3/b6-4-. The van der Waals surface area contributed by atoms with Gasteiger partial charge in [-0.1, -0.05) is 18.2 Å². The molecule has 0 bridgehead atoms. The van der Waals surface area contributed by atoms with Crippen LogP contribution in [0.1, 0.15) is 11.1 Å². The number of phenols is 2. The average Bonchev–Trinajstić information content (AvgIpc) is 2.57. The minimum atomic E-state index is 0.0322. The summed E-state index contributed by atoms with van der Waals surface area (Å²) in [5.74, 6) is 1.38. The molecule has 23 heavy (non-hydrogen) atoms. The molecule has 0 aliphatic carbocycles. The van der Waals surface area contributed by atoms with Crippen molar-refractivity contribution in [3.8, 4) is 28.7 Å². The zero-order chi connectivity index (χ0) is 16.8. The molecule has 0 amide bonds. The number of methoxy groups -OCH3 is 3. The lowest BCUT2D eigenvalue weighted by Crippen LogP contribution is -1.93. The van der Waals surface area contributed by atoms with Gasteiger partial charge in [0.2, 0.25) is 5.75 Å². The highest BCUT2D eigenvalue weighted by atomic mass is 16.5. The molecule has 0 saturated heterocycles. The summed E-state index contributed by atoms with van der Waals surface area (Å²) in [6.45, 7) is 0. The van der Waals surface area contributed by atoms with Gasteiger partial charge in [0, 0.05) is 5.56 Å². The normalized spacial score (nSPS) is 10.7. The minimum Gasteiger partial charge on any atom is -0.504 e. The summed E-state index contributed by atoms with van der Waals surface area (Å²) in [6, 6.07) is 8.53. The SMILES string of the molecule is COc1cc(C/C=C\c2ccc(O)c(OC)c2OC)ccc1O. The van der Waals surface area contributed by atoms with Gasteiger partial charge in [-0.3, -0.25) is 0 Å². The summed E-state index contributed by atoms with van der Waals surface area (Å²) >= 11 is 0. The molecule has 0 unspecified atom stereocenters. The largest absolute Gasteiger partial charge is 0.504 e. The van der Waals surface area contributed by atoms with Gasteiger partial charge in [-0.05, 0) is 36.2 Å². The van der Waals surface area contributed by atoms with Gasteiger partial charge in [-0.25, -0.2) is 0 Å². The predicted octanol–water partition coefficient (Wildman–Crippen LogP) is 3.38. The van der Waals surface area contributed by atoms with Crippen molar-refractivity contribution in [1.82, 2.24) is 0 Å². The van der Waals surface area contributed by atoms with E-state index in [4.69, 9.17) is 14.2 Å². The van der Waals surface area contributed by atoms with Crippen molar-refractivity contribution in [2.24, 2.45) is 0 Å². The average molecular weight is 316 g/mol. The third-order valence-electron chi connectivity index (χ3n) is 3.43. The Morgan fingerprint density at radius 2 is 1.57 bits per heavy atom. The van der Waals surface area contributed by atoms with E-state index in [1.807, 2.05) is 18.2 Å². The fourth-order valence-corrected chi connectivity index (χ4v) is 2.28. The topological polar surface area (TPSA) is 68.2 Å². The molecule has 2 aromatic carbocycles. The van der Waals surface area contributed by atoms with Crippen LogP contribution >= 0.6 is 0 Å². The summed E-state index contributed by atoms with van der Waals surface area (Å²) in [5.41, 5.74) is 1.80. The molecule has 0 aliphatic heterocycles. The van der Waals surface area contributed by atoms with Gasteiger partial charge < -0.3 is 24.4 Å². The summed E-state index contributed by atoms with van der Waals surface area (Å²) in [7, 11) is 4.52. The smallest absolute Gasteiger partial charge is 0.203 e. The Labute approximate surface area is 135 Å². The van der Waals surface area contributed by atoms with Crippen LogP contribution in [0.25, 0.3) is 6.08 Å². The summed E-state index contributed by atoms with van der Waals surface area (Å²) in [5, 5.41) is 19.4. The van der Waals surface area contributed by atoms with Crippen LogP contribution in [0.2, 0.25) is 0 Å². The number of hydrogen-bond donors (Lipinski definition) is 2. The van der Waals surface area contributed by atoms with Gasteiger partial charge in [-0.2, -0.15) is 0 Å². The fourth-order valence-electron chi connectivity index (χ4n) is 2.28. The Hall–Kier alpha value is -2.82. The Morgan fingerprint density at radius 1 is 0.870 bits per heavy atom. The van der Waals surface area contributed by atoms with Crippen LogP contribution in [0.3, 0.4) is 0 Å². The van der Waals surface area contributed by atoms with E-state index in [1.165, 1.54) is 21.3 Å². The minimum absolute atomic E-state index is 0.0322. The highest BCUT2D eigenvalue weighted by Gasteiger charge is 2.12. The van der Waals surface area contributed by atoms with E-state index < -0.39 is 0 Å². The van der Waals surface area contributed by atoms with Crippen LogP contribution < -0.4 is 14.2 Å². The number of aromatic hydroxyl groups is 2. The summed E-state index contributed by atoms with van der Waals surface area (Å²) in [6.07, 6.45) is 4.50. The Morgan fingerprint density at radius 3 is 2.22 bits per heavy atom. The Bertz CT molecular complexity index is 707. The van der Waals surface area contributed by atoms with Crippen LogP contribution in [0, 0.1) is 0 Å². The molecule has 0 heterocycles. The number of benzene rings is 2. The van der Waals surface area contributed by atoms with Crippen molar-refractivity contribution < 1.29 is 24.4 Å². The third kappa shape index (κ3) is 3.69. The zero-order valence-electron chi connectivity index (χ0n) is 13.4. The van der Waals surface area contributed by atoms with E-state index in [0.29, 0.717) is 23.7 Å². The van der Waals surface area contributed by atoms with Crippen molar-refractivity contribution in [3.05, 3.63) is 47.5 Å². The van der Waals surface area contributed by atoms with E-state index in [2.05, 4.69) is 0 Å². The molecule has 0 spiro atoms. The van der Waals surface area contributed by atoms with E-state index in [-0.39, 0.29) is 11.5 Å². The maximum atomic E-state index is 9.77. The molecule has 0 aliphatic rings. The summed E-state index contributed by atoms with van der Waals surface area (Å²) < 4.78 is 15.6. The van der Waals surface area contributed by atoms with Crippen LogP contribution in [0.4, 0.5) is 0 Å². The second-order valence-corrected chi connectivity index (χ2v) is 4.85. The lowest BCUT2D eigenvalue weighted by molar-refractivity contribution is 0.332. The molecule has 5 nitrogen and oxygen atoms in total. The Kier molecular flexibility index (Phi) is 5.36. The molecule has 2 N–H and O–H groups in total. The van der Waals surface area contributed by atoms with Crippen molar-refractivity contribution in [2.45, 2.75) is 6.42 Å². The molecule has 0 radical (unpaired) electrons. The van der Waals surface area contributed by atoms with Gasteiger partial charge in [0.25, 0.3) is 0 Å². The van der Waals surface area contributed by atoms with Crippen LogP contribution in [0.15, 0.2) is 36.4 Å². The van der Waals surface area contributed by atoms with Crippen LogP contribution in [0.5, 0.6) is 28.7 Å². The fraction of sp³-hybridized carbons (Fsp3) is 0.222. The first-order valence-corrected chi connectivity index (χ1v) is 7.07. The van der Waals surface area contributed by atoms with Gasteiger partial charge in [0.05, 0.1) is 21.3 Å². The number of allylic oxidation sites excluding steroid dienone is 1. The molecule has 122 valence electrons. The van der Waals surface area contributed by atoms with Crippen LogP contribution in [-0.4, -0.2) is 31.5 Å². The lowest BCUT2D eigenvalue weighted by atomic mass is 10.1. The van der Waals surface area contributed by atoms with Crippen molar-refractivity contribution in [2.75, 3.05) is 21.3 Å². The molecule has 0 saturated carbocycles. The molecule has 0 aromatic heterocycles. The second kappa shape index (κ2) is 7.45. The molecule has 0 atom stereocenters. The molecule has 5 heteroatoms. The third-order valence-corrected chi connectivity index (χ3v) is 3.43. The van der Waals surface area contributed by atoms with Gasteiger partial charge >= 0.3 is 0 Å². The predicted molar refractivity (Wildman–Crippen MR) is 88.6 cm³/mol. The zero-order valence-corrected chi connectivity index (χ0v) is 13.4. The lowest BCUT2D eigenvalue weighted by Gasteiger charge is -2.11. The maximum absolute atomic E-state index is 9.77. The van der Waals surface area contributed by atoms with E-state index in [0.717, 1.165) is 11.1 Å². The van der Waals surface area contributed by atoms with Crippen molar-refractivity contribution >= 4 is 6.08 Å². The van der Waals surface area contributed by atoms with Gasteiger partial charge in [-0.15, -0.1) is 0 Å². The van der Waals surface area contributed by atoms with Crippen LogP contribution in [-0.2, 0) is 6.42 Å². The number of rotatable bonds is 6. The molecular formula is C18H20O5. The maximum Gasteiger partial charge on any atom is 0.203 e. The van der Waals surface area contributed by atoms with Gasteiger partial charge in [0.1, 0.15) is 0 Å². The van der Waals surface area contributed by atoms with E-state index in [9.17, 15) is 10.2 Å². The first-order valence-electron chi connectivity index (χ1n) is 7.07. The monoisotopic (exact) mass is 316 g/mol. The Balaban J connectivity index is 2.21. The molecule has 2 rings (SSSR count). The summed E-state index contributed by atoms with van der Waals surface area (Å²) in [4.78, 5) is 0. The second-order valence-electron chi connectivity index (χ2n) is 4.85. The highest BCUT2D eigenvalue weighted by Crippen LogP contribution is 2.39.